The van der Waals surface area contributed by atoms with E-state index in [9.17, 15) is 4.79 Å². The van der Waals surface area contributed by atoms with Crippen LogP contribution in [0.4, 0.5) is 4.79 Å². The lowest BCUT2D eigenvalue weighted by atomic mass is 10.0. The zero-order valence-corrected chi connectivity index (χ0v) is 14.6. The first-order valence-corrected chi connectivity index (χ1v) is 8.36. The molecule has 1 amide bonds. The molecular weight excluding hydrogens is 292 g/mol. The number of hydrogen-bond donors (Lipinski definition) is 1. The molecule has 2 rings (SSSR count). The molecule has 0 aromatic carbocycles. The molecule has 23 heavy (non-hydrogen) atoms. The molecule has 0 aliphatic carbocycles. The van der Waals surface area contributed by atoms with Crippen molar-refractivity contribution in [1.82, 2.24) is 20.2 Å². The van der Waals surface area contributed by atoms with E-state index in [4.69, 9.17) is 4.74 Å². The molecule has 1 saturated heterocycles. The summed E-state index contributed by atoms with van der Waals surface area (Å²) in [5, 5.41) is 3.46. The highest BCUT2D eigenvalue weighted by molar-refractivity contribution is 5.68. The largest absolute Gasteiger partial charge is 0.444 e. The number of rotatable bonds is 4. The summed E-state index contributed by atoms with van der Waals surface area (Å²) in [4.78, 5) is 22.7. The van der Waals surface area contributed by atoms with Crippen molar-refractivity contribution in [2.75, 3.05) is 13.1 Å². The van der Waals surface area contributed by atoms with Gasteiger partial charge in [0.15, 0.2) is 0 Å². The highest BCUT2D eigenvalue weighted by Crippen LogP contribution is 2.20. The molecule has 0 bridgehead atoms. The lowest BCUT2D eigenvalue weighted by Crippen LogP contribution is -2.50. The second kappa shape index (κ2) is 7.73. The summed E-state index contributed by atoms with van der Waals surface area (Å²) < 4.78 is 5.54. The molecule has 0 unspecified atom stereocenters. The van der Waals surface area contributed by atoms with Gasteiger partial charge in [0.1, 0.15) is 5.60 Å². The van der Waals surface area contributed by atoms with Gasteiger partial charge in [-0.25, -0.2) is 4.79 Å². The second-order valence-corrected chi connectivity index (χ2v) is 7.08. The number of likely N-dealkylation sites (tertiary alicyclic amines) is 1. The van der Waals surface area contributed by atoms with Gasteiger partial charge >= 0.3 is 6.09 Å². The maximum Gasteiger partial charge on any atom is 0.410 e. The van der Waals surface area contributed by atoms with Gasteiger partial charge in [0.05, 0.1) is 5.69 Å². The summed E-state index contributed by atoms with van der Waals surface area (Å²) >= 11 is 0. The fourth-order valence-corrected chi connectivity index (χ4v) is 2.73. The molecule has 1 aliphatic rings. The van der Waals surface area contributed by atoms with Crippen LogP contribution in [0.1, 0.15) is 58.7 Å². The molecule has 1 aliphatic heterocycles. The Morgan fingerprint density at radius 2 is 2.22 bits per heavy atom. The lowest BCUT2D eigenvalue weighted by molar-refractivity contribution is 0.00969. The van der Waals surface area contributed by atoms with Crippen LogP contribution < -0.4 is 5.32 Å². The Morgan fingerprint density at radius 3 is 2.87 bits per heavy atom. The van der Waals surface area contributed by atoms with Gasteiger partial charge < -0.3 is 15.0 Å². The number of nitrogens with zero attached hydrogens (tertiary/aromatic N) is 3. The number of piperidine rings is 1. The highest BCUT2D eigenvalue weighted by Gasteiger charge is 2.30. The Hall–Kier alpha value is -1.69. The van der Waals surface area contributed by atoms with E-state index in [-0.39, 0.29) is 18.2 Å². The fourth-order valence-electron chi connectivity index (χ4n) is 2.73. The smallest absolute Gasteiger partial charge is 0.410 e. The van der Waals surface area contributed by atoms with Crippen LogP contribution >= 0.6 is 0 Å². The average molecular weight is 320 g/mol. The van der Waals surface area contributed by atoms with Crippen LogP contribution in [0.15, 0.2) is 18.6 Å². The molecule has 2 atom stereocenters. The summed E-state index contributed by atoms with van der Waals surface area (Å²) in [6, 6.07) is 0.267. The molecule has 2 heterocycles. The van der Waals surface area contributed by atoms with E-state index in [2.05, 4.69) is 22.2 Å². The van der Waals surface area contributed by atoms with E-state index in [1.165, 1.54) is 0 Å². The quantitative estimate of drug-likeness (QED) is 0.924. The number of ether oxygens (including phenoxy) is 1. The van der Waals surface area contributed by atoms with Crippen LogP contribution in [0.3, 0.4) is 0 Å². The minimum absolute atomic E-state index is 0.103. The molecule has 0 radical (unpaired) electrons. The second-order valence-electron chi connectivity index (χ2n) is 7.08. The molecule has 1 N–H and O–H groups in total. The summed E-state index contributed by atoms with van der Waals surface area (Å²) in [6.07, 6.45) is 8.10. The van der Waals surface area contributed by atoms with Crippen LogP contribution in [0.2, 0.25) is 0 Å². The first-order valence-electron chi connectivity index (χ1n) is 8.36. The van der Waals surface area contributed by atoms with E-state index in [0.29, 0.717) is 0 Å². The first-order chi connectivity index (χ1) is 10.9. The van der Waals surface area contributed by atoms with E-state index >= 15 is 0 Å². The third-order valence-electron chi connectivity index (χ3n) is 3.94. The molecule has 1 aromatic heterocycles. The first kappa shape index (κ1) is 17.7. The van der Waals surface area contributed by atoms with E-state index < -0.39 is 5.60 Å². The van der Waals surface area contributed by atoms with Crippen molar-refractivity contribution >= 4 is 6.09 Å². The Bertz CT molecular complexity index is 501. The number of hydrogen-bond acceptors (Lipinski definition) is 5. The number of amides is 1. The topological polar surface area (TPSA) is 67.4 Å². The lowest BCUT2D eigenvalue weighted by Gasteiger charge is -2.37. The molecule has 0 saturated carbocycles. The Kier molecular flexibility index (Phi) is 5.93. The Labute approximate surface area is 138 Å². The van der Waals surface area contributed by atoms with Gasteiger partial charge in [0.25, 0.3) is 0 Å². The van der Waals surface area contributed by atoms with E-state index in [1.54, 1.807) is 18.6 Å². The molecule has 1 aromatic rings. The fraction of sp³-hybridized carbons (Fsp3) is 0.706. The van der Waals surface area contributed by atoms with Crippen molar-refractivity contribution in [1.29, 1.82) is 0 Å². The predicted molar refractivity (Wildman–Crippen MR) is 89.0 cm³/mol. The highest BCUT2D eigenvalue weighted by atomic mass is 16.6. The van der Waals surface area contributed by atoms with Gasteiger partial charge in [0, 0.05) is 43.8 Å². The van der Waals surface area contributed by atoms with Gasteiger partial charge in [0.2, 0.25) is 0 Å². The zero-order valence-electron chi connectivity index (χ0n) is 14.6. The number of carbonyl (C=O) groups is 1. The van der Waals surface area contributed by atoms with Crippen molar-refractivity contribution in [3.05, 3.63) is 24.3 Å². The van der Waals surface area contributed by atoms with Gasteiger partial charge in [-0.3, -0.25) is 9.97 Å². The summed E-state index contributed by atoms with van der Waals surface area (Å²) in [5.74, 6) is 0. The van der Waals surface area contributed by atoms with Gasteiger partial charge in [-0.1, -0.05) is 0 Å². The van der Waals surface area contributed by atoms with Crippen LogP contribution in [-0.4, -0.2) is 45.7 Å². The zero-order chi connectivity index (χ0) is 16.9. The summed E-state index contributed by atoms with van der Waals surface area (Å²) in [6.45, 7) is 9.26. The van der Waals surface area contributed by atoms with Crippen molar-refractivity contribution < 1.29 is 9.53 Å². The molecule has 6 nitrogen and oxygen atoms in total. The standard InChI is InChI=1S/C17H28N4O2/c1-13(15-12-18-8-9-19-15)20-11-14-7-5-6-10-21(14)16(22)23-17(2,3)4/h8-9,12-14,20H,5-7,10-11H2,1-4H3/t13-,14-/m0/s1. The minimum Gasteiger partial charge on any atom is -0.444 e. The number of aromatic nitrogens is 2. The number of carbonyl (C=O) groups excluding carboxylic acids is 1. The maximum atomic E-state index is 12.4. The molecular formula is C17H28N4O2. The van der Waals surface area contributed by atoms with Crippen molar-refractivity contribution in [2.24, 2.45) is 0 Å². The third kappa shape index (κ3) is 5.46. The monoisotopic (exact) mass is 320 g/mol. The number of nitrogens with one attached hydrogen (secondary N) is 1. The molecule has 1 fully saturated rings. The van der Waals surface area contributed by atoms with Gasteiger partial charge in [-0.05, 0) is 47.0 Å². The SMILES string of the molecule is C[C@H](NC[C@@H]1CCCCN1C(=O)OC(C)(C)C)c1cnccn1. The van der Waals surface area contributed by atoms with Crippen LogP contribution in [0.5, 0.6) is 0 Å². The third-order valence-corrected chi connectivity index (χ3v) is 3.94. The average Bonchev–Trinajstić information content (AvgIpc) is 2.52. The maximum absolute atomic E-state index is 12.4. The van der Waals surface area contributed by atoms with E-state index in [0.717, 1.165) is 38.0 Å². The van der Waals surface area contributed by atoms with Crippen molar-refractivity contribution in [3.8, 4) is 0 Å². The molecule has 0 spiro atoms. The van der Waals surface area contributed by atoms with Gasteiger partial charge in [-0.15, -0.1) is 0 Å². The molecule has 128 valence electrons. The van der Waals surface area contributed by atoms with Crippen molar-refractivity contribution in [3.63, 3.8) is 0 Å². The predicted octanol–water partition coefficient (Wildman–Crippen LogP) is 2.92. The van der Waals surface area contributed by atoms with Crippen LogP contribution in [0.25, 0.3) is 0 Å². The molecule has 6 heteroatoms. The normalized spacial score (nSPS) is 20.2. The Morgan fingerprint density at radius 1 is 1.43 bits per heavy atom. The minimum atomic E-state index is -0.459. The summed E-state index contributed by atoms with van der Waals surface area (Å²) in [7, 11) is 0. The van der Waals surface area contributed by atoms with Crippen molar-refractivity contribution in [2.45, 2.75) is 64.6 Å². The van der Waals surface area contributed by atoms with E-state index in [1.807, 2.05) is 25.7 Å². The summed E-state index contributed by atoms with van der Waals surface area (Å²) in [5.41, 5.74) is 0.450. The van der Waals surface area contributed by atoms with Crippen LogP contribution in [0, 0.1) is 0 Å². The van der Waals surface area contributed by atoms with Gasteiger partial charge in [-0.2, -0.15) is 0 Å². The Balaban J connectivity index is 1.92. The van der Waals surface area contributed by atoms with Crippen LogP contribution in [-0.2, 0) is 4.74 Å².